The maximum atomic E-state index is 11.0. The molecular weight excluding hydrogens is 258 g/mol. The first-order chi connectivity index (χ1) is 9.51. The fourth-order valence-corrected chi connectivity index (χ4v) is 1.68. The zero-order valence-electron chi connectivity index (χ0n) is 11.5. The van der Waals surface area contributed by atoms with Crippen molar-refractivity contribution in [3.63, 3.8) is 0 Å². The van der Waals surface area contributed by atoms with Crippen molar-refractivity contribution in [2.45, 2.75) is 13.8 Å². The second-order valence-electron chi connectivity index (χ2n) is 4.36. The van der Waals surface area contributed by atoms with Gasteiger partial charge in [0.1, 0.15) is 6.20 Å². The molecule has 0 aliphatic rings. The molecule has 1 heterocycles. The highest BCUT2D eigenvalue weighted by molar-refractivity contribution is 5.66. The van der Waals surface area contributed by atoms with Gasteiger partial charge in [0.25, 0.3) is 0 Å². The lowest BCUT2D eigenvalue weighted by atomic mass is 10.1. The molecule has 2 aromatic rings. The first-order valence-corrected chi connectivity index (χ1v) is 6.04. The predicted molar refractivity (Wildman–Crippen MR) is 77.4 cm³/mol. The maximum absolute atomic E-state index is 11.0. The SMILES string of the molecule is CNc1ncc([N+](=O)[O-])c(Nc2ccc(C)c(C)c2)n1. The van der Waals surface area contributed by atoms with E-state index in [4.69, 9.17) is 0 Å². The lowest BCUT2D eigenvalue weighted by Gasteiger charge is -2.09. The number of hydrogen-bond donors (Lipinski definition) is 2. The summed E-state index contributed by atoms with van der Waals surface area (Å²) in [7, 11) is 1.65. The summed E-state index contributed by atoms with van der Waals surface area (Å²) in [6.07, 6.45) is 1.18. The molecule has 0 saturated carbocycles. The number of rotatable bonds is 4. The highest BCUT2D eigenvalue weighted by Crippen LogP contribution is 2.26. The summed E-state index contributed by atoms with van der Waals surface area (Å²) >= 11 is 0. The monoisotopic (exact) mass is 273 g/mol. The number of aromatic nitrogens is 2. The van der Waals surface area contributed by atoms with Crippen molar-refractivity contribution < 1.29 is 4.92 Å². The lowest BCUT2D eigenvalue weighted by molar-refractivity contribution is -0.384. The van der Waals surface area contributed by atoms with Crippen LogP contribution in [-0.4, -0.2) is 21.9 Å². The van der Waals surface area contributed by atoms with Gasteiger partial charge in [-0.15, -0.1) is 0 Å². The number of nitro groups is 1. The van der Waals surface area contributed by atoms with Crippen LogP contribution in [0.1, 0.15) is 11.1 Å². The highest BCUT2D eigenvalue weighted by atomic mass is 16.6. The number of aryl methyl sites for hydroxylation is 2. The summed E-state index contributed by atoms with van der Waals surface area (Å²) in [6, 6.07) is 5.72. The van der Waals surface area contributed by atoms with Crippen LogP contribution < -0.4 is 10.6 Å². The quantitative estimate of drug-likeness (QED) is 0.657. The van der Waals surface area contributed by atoms with E-state index in [1.165, 1.54) is 6.20 Å². The minimum absolute atomic E-state index is 0.164. The molecule has 2 rings (SSSR count). The van der Waals surface area contributed by atoms with E-state index in [1.54, 1.807) is 7.05 Å². The van der Waals surface area contributed by atoms with E-state index in [9.17, 15) is 10.1 Å². The highest BCUT2D eigenvalue weighted by Gasteiger charge is 2.17. The van der Waals surface area contributed by atoms with E-state index < -0.39 is 4.92 Å². The Morgan fingerprint density at radius 3 is 2.60 bits per heavy atom. The molecule has 0 amide bonds. The molecule has 104 valence electrons. The van der Waals surface area contributed by atoms with Crippen LogP contribution in [0.2, 0.25) is 0 Å². The Bertz CT molecular complexity index is 657. The van der Waals surface area contributed by atoms with Crippen LogP contribution in [0.25, 0.3) is 0 Å². The molecule has 0 bridgehead atoms. The summed E-state index contributed by atoms with van der Waals surface area (Å²) in [5.74, 6) is 0.486. The van der Waals surface area contributed by atoms with Gasteiger partial charge in [-0.3, -0.25) is 10.1 Å². The average Bonchev–Trinajstić information content (AvgIpc) is 2.42. The molecule has 0 atom stereocenters. The van der Waals surface area contributed by atoms with Crippen molar-refractivity contribution >= 4 is 23.1 Å². The number of nitrogens with zero attached hydrogens (tertiary/aromatic N) is 3. The Balaban J connectivity index is 2.40. The van der Waals surface area contributed by atoms with Gasteiger partial charge < -0.3 is 10.6 Å². The Kier molecular flexibility index (Phi) is 3.79. The van der Waals surface area contributed by atoms with Gasteiger partial charge in [0.2, 0.25) is 11.8 Å². The third kappa shape index (κ3) is 2.82. The molecule has 1 aromatic heterocycles. The Labute approximate surface area is 116 Å². The van der Waals surface area contributed by atoms with Gasteiger partial charge in [-0.05, 0) is 37.1 Å². The molecule has 0 radical (unpaired) electrons. The van der Waals surface area contributed by atoms with Crippen LogP contribution in [-0.2, 0) is 0 Å². The van der Waals surface area contributed by atoms with Crippen LogP contribution in [0.15, 0.2) is 24.4 Å². The Morgan fingerprint density at radius 2 is 2.00 bits per heavy atom. The molecule has 2 N–H and O–H groups in total. The predicted octanol–water partition coefficient (Wildman–Crippen LogP) is 2.79. The van der Waals surface area contributed by atoms with E-state index in [2.05, 4.69) is 20.6 Å². The summed E-state index contributed by atoms with van der Waals surface area (Å²) in [4.78, 5) is 18.4. The number of nitrogens with one attached hydrogen (secondary N) is 2. The van der Waals surface area contributed by atoms with Gasteiger partial charge in [0.05, 0.1) is 4.92 Å². The zero-order chi connectivity index (χ0) is 14.7. The number of benzene rings is 1. The molecule has 0 saturated heterocycles. The van der Waals surface area contributed by atoms with E-state index in [-0.39, 0.29) is 11.5 Å². The molecule has 0 fully saturated rings. The summed E-state index contributed by atoms with van der Waals surface area (Å²) < 4.78 is 0. The lowest BCUT2D eigenvalue weighted by Crippen LogP contribution is -2.04. The molecular formula is C13H15N5O2. The van der Waals surface area contributed by atoms with Crippen LogP contribution >= 0.6 is 0 Å². The Hall–Kier alpha value is -2.70. The average molecular weight is 273 g/mol. The molecule has 0 aliphatic carbocycles. The van der Waals surface area contributed by atoms with Crippen molar-refractivity contribution in [3.8, 4) is 0 Å². The standard InChI is InChI=1S/C13H15N5O2/c1-8-4-5-10(6-9(8)2)16-12-11(18(19)20)7-15-13(14-3)17-12/h4-7H,1-3H3,(H2,14,15,16,17). The first kappa shape index (κ1) is 13.7. The second kappa shape index (κ2) is 5.52. The molecule has 0 spiro atoms. The third-order valence-electron chi connectivity index (χ3n) is 2.96. The van der Waals surface area contributed by atoms with Gasteiger partial charge in [0.15, 0.2) is 0 Å². The van der Waals surface area contributed by atoms with E-state index >= 15 is 0 Å². The fraction of sp³-hybridized carbons (Fsp3) is 0.231. The number of anilines is 3. The second-order valence-corrected chi connectivity index (χ2v) is 4.36. The van der Waals surface area contributed by atoms with Crippen LogP contribution in [0.4, 0.5) is 23.1 Å². The van der Waals surface area contributed by atoms with Crippen LogP contribution in [0.5, 0.6) is 0 Å². The van der Waals surface area contributed by atoms with Crippen molar-refractivity contribution in [2.75, 3.05) is 17.7 Å². The van der Waals surface area contributed by atoms with E-state index in [1.807, 2.05) is 32.0 Å². The zero-order valence-corrected chi connectivity index (χ0v) is 11.5. The van der Waals surface area contributed by atoms with E-state index in [0.717, 1.165) is 16.8 Å². The molecule has 7 heteroatoms. The topological polar surface area (TPSA) is 93.0 Å². The summed E-state index contributed by atoms with van der Waals surface area (Å²) in [5, 5.41) is 16.7. The van der Waals surface area contributed by atoms with Gasteiger partial charge in [0, 0.05) is 12.7 Å². The summed E-state index contributed by atoms with van der Waals surface area (Å²) in [6.45, 7) is 3.99. The van der Waals surface area contributed by atoms with Gasteiger partial charge in [-0.1, -0.05) is 6.07 Å². The van der Waals surface area contributed by atoms with E-state index in [0.29, 0.717) is 5.95 Å². The minimum atomic E-state index is -0.511. The van der Waals surface area contributed by atoms with Gasteiger partial charge in [-0.2, -0.15) is 4.98 Å². The smallest absolute Gasteiger partial charge is 0.329 e. The van der Waals surface area contributed by atoms with Crippen molar-refractivity contribution in [3.05, 3.63) is 45.6 Å². The largest absolute Gasteiger partial charge is 0.357 e. The van der Waals surface area contributed by atoms with Crippen molar-refractivity contribution in [2.24, 2.45) is 0 Å². The molecule has 7 nitrogen and oxygen atoms in total. The minimum Gasteiger partial charge on any atom is -0.357 e. The van der Waals surface area contributed by atoms with Crippen LogP contribution in [0, 0.1) is 24.0 Å². The molecule has 0 aliphatic heterocycles. The Morgan fingerprint density at radius 1 is 1.25 bits per heavy atom. The number of hydrogen-bond acceptors (Lipinski definition) is 6. The normalized spacial score (nSPS) is 10.2. The first-order valence-electron chi connectivity index (χ1n) is 6.04. The molecule has 20 heavy (non-hydrogen) atoms. The molecule has 1 aromatic carbocycles. The van der Waals surface area contributed by atoms with Crippen molar-refractivity contribution in [1.82, 2.24) is 9.97 Å². The fourth-order valence-electron chi connectivity index (χ4n) is 1.68. The summed E-state index contributed by atoms with van der Waals surface area (Å²) in [5.41, 5.74) is 2.84. The van der Waals surface area contributed by atoms with Gasteiger partial charge >= 0.3 is 5.69 Å². The van der Waals surface area contributed by atoms with Gasteiger partial charge in [-0.25, -0.2) is 4.98 Å². The maximum Gasteiger partial charge on any atom is 0.329 e. The molecule has 0 unspecified atom stereocenters. The third-order valence-corrected chi connectivity index (χ3v) is 2.96. The van der Waals surface area contributed by atoms with Crippen LogP contribution in [0.3, 0.4) is 0 Å². The van der Waals surface area contributed by atoms with Crippen molar-refractivity contribution in [1.29, 1.82) is 0 Å².